The summed E-state index contributed by atoms with van der Waals surface area (Å²) in [4.78, 5) is 0. The van der Waals surface area contributed by atoms with Crippen molar-refractivity contribution in [2.75, 3.05) is 0 Å². The van der Waals surface area contributed by atoms with Crippen molar-refractivity contribution in [2.24, 2.45) is 0 Å². The molecule has 0 fully saturated rings. The van der Waals surface area contributed by atoms with Crippen LogP contribution in [0.1, 0.15) is 13.8 Å². The molecule has 0 aromatic rings. The molecule has 0 rings (SSSR count). The van der Waals surface area contributed by atoms with Crippen molar-refractivity contribution in [3.63, 3.8) is 0 Å². The molecule has 0 aromatic carbocycles. The van der Waals surface area contributed by atoms with Gasteiger partial charge in [0.2, 0.25) is 0 Å². The molecule has 0 aromatic heterocycles. The van der Waals surface area contributed by atoms with E-state index in [1.165, 1.54) is 11.1 Å². The lowest BCUT2D eigenvalue weighted by Gasteiger charge is -1.80. The maximum atomic E-state index is 5.25. The molecular formula is C6H9Cl. The Kier molecular flexibility index (Phi) is 3.81. The quantitative estimate of drug-likeness (QED) is 0.462. The summed E-state index contributed by atoms with van der Waals surface area (Å²) >= 11 is 5.25. The predicted octanol–water partition coefficient (Wildman–Crippen LogP) is 2.71. The van der Waals surface area contributed by atoms with Crippen molar-refractivity contribution in [2.45, 2.75) is 13.8 Å². The summed E-state index contributed by atoms with van der Waals surface area (Å²) in [5, 5.41) is 0. The first-order valence-electron chi connectivity index (χ1n) is 2.21. The Balaban J connectivity index is 3.58. The minimum atomic E-state index is 1.19. The highest BCUT2D eigenvalue weighted by atomic mass is 35.5. The second-order valence-electron chi connectivity index (χ2n) is 1.33. The highest BCUT2D eigenvalue weighted by molar-refractivity contribution is 6.25. The lowest BCUT2D eigenvalue weighted by atomic mass is 10.3. The Morgan fingerprint density at radius 1 is 1.57 bits per heavy atom. The van der Waals surface area contributed by atoms with E-state index in [0.29, 0.717) is 0 Å². The molecule has 0 radical (unpaired) electrons. The van der Waals surface area contributed by atoms with Crippen molar-refractivity contribution in [3.05, 3.63) is 23.3 Å². The third-order valence-electron chi connectivity index (χ3n) is 0.781. The molecule has 40 valence electrons. The topological polar surface area (TPSA) is 0 Å². The summed E-state index contributed by atoms with van der Waals surface area (Å²) in [6.07, 6.45) is 3.85. The van der Waals surface area contributed by atoms with Gasteiger partial charge in [-0.15, -0.1) is 0 Å². The molecule has 0 saturated carbocycles. The van der Waals surface area contributed by atoms with Crippen LogP contribution < -0.4 is 0 Å². The van der Waals surface area contributed by atoms with Gasteiger partial charge in [-0.25, -0.2) is 0 Å². The number of halogens is 1. The number of rotatable bonds is 1. The third kappa shape index (κ3) is 3.60. The fraction of sp³-hybridized carbons (Fsp3) is 0.333. The lowest BCUT2D eigenvalue weighted by Crippen LogP contribution is -1.59. The van der Waals surface area contributed by atoms with E-state index < -0.39 is 0 Å². The van der Waals surface area contributed by atoms with Gasteiger partial charge in [0.15, 0.2) is 0 Å². The summed E-state index contributed by atoms with van der Waals surface area (Å²) < 4.78 is 0. The van der Waals surface area contributed by atoms with Crippen LogP contribution in [0, 0.1) is 0 Å². The summed E-state index contributed by atoms with van der Waals surface area (Å²) in [6.45, 7) is 3.98. The zero-order chi connectivity index (χ0) is 5.70. The Bertz CT molecular complexity index is 90.4. The fourth-order valence-corrected chi connectivity index (χ4v) is 0.394. The molecule has 0 bridgehead atoms. The van der Waals surface area contributed by atoms with Crippen LogP contribution in [0.15, 0.2) is 23.3 Å². The number of allylic oxidation sites excluding steroid dienone is 3. The van der Waals surface area contributed by atoms with E-state index >= 15 is 0 Å². The highest BCUT2D eigenvalue weighted by Gasteiger charge is 1.70. The van der Waals surface area contributed by atoms with Gasteiger partial charge in [0, 0.05) is 5.54 Å². The smallest absolute Gasteiger partial charge is 0.00449 e. The van der Waals surface area contributed by atoms with Gasteiger partial charge in [0.25, 0.3) is 0 Å². The summed E-state index contributed by atoms with van der Waals surface area (Å²) in [5.74, 6) is 0. The molecule has 7 heavy (non-hydrogen) atoms. The van der Waals surface area contributed by atoms with Crippen molar-refractivity contribution < 1.29 is 0 Å². The van der Waals surface area contributed by atoms with E-state index in [4.69, 9.17) is 11.6 Å². The summed E-state index contributed by atoms with van der Waals surface area (Å²) in [7, 11) is 0. The molecule has 0 amide bonds. The van der Waals surface area contributed by atoms with Gasteiger partial charge >= 0.3 is 0 Å². The van der Waals surface area contributed by atoms with Crippen molar-refractivity contribution in [1.29, 1.82) is 0 Å². The van der Waals surface area contributed by atoms with E-state index in [2.05, 4.69) is 0 Å². The van der Waals surface area contributed by atoms with Crippen LogP contribution in [0.4, 0.5) is 0 Å². The molecule has 0 spiro atoms. The molecule has 0 nitrogen and oxygen atoms in total. The van der Waals surface area contributed by atoms with Crippen LogP contribution in [0.5, 0.6) is 0 Å². The largest absolute Gasteiger partial charge is 0.0929 e. The maximum Gasteiger partial charge on any atom is 0.00449 e. The molecule has 0 saturated heterocycles. The standard InChI is InChI=1S/C6H9Cl/c1-3-6(2)4-5-7/h3-5H,1-2H3/b5-4+,6-3+. The molecule has 0 aliphatic carbocycles. The highest BCUT2D eigenvalue weighted by Crippen LogP contribution is 1.93. The van der Waals surface area contributed by atoms with Gasteiger partial charge in [-0.05, 0) is 19.9 Å². The van der Waals surface area contributed by atoms with Crippen LogP contribution in [0.25, 0.3) is 0 Å². The van der Waals surface area contributed by atoms with E-state index in [-0.39, 0.29) is 0 Å². The Hall–Kier alpha value is -0.230. The zero-order valence-corrected chi connectivity index (χ0v) is 5.37. The second-order valence-corrected chi connectivity index (χ2v) is 1.58. The van der Waals surface area contributed by atoms with Gasteiger partial charge in [-0.2, -0.15) is 0 Å². The van der Waals surface area contributed by atoms with Crippen LogP contribution >= 0.6 is 11.6 Å². The van der Waals surface area contributed by atoms with Crippen molar-refractivity contribution in [3.8, 4) is 0 Å². The van der Waals surface area contributed by atoms with Gasteiger partial charge in [-0.3, -0.25) is 0 Å². The Labute approximate surface area is 49.5 Å². The number of hydrogen-bond acceptors (Lipinski definition) is 0. The molecule has 0 N–H and O–H groups in total. The monoisotopic (exact) mass is 116 g/mol. The molecular weight excluding hydrogens is 108 g/mol. The van der Waals surface area contributed by atoms with Crippen LogP contribution in [-0.2, 0) is 0 Å². The predicted molar refractivity (Wildman–Crippen MR) is 34.4 cm³/mol. The first kappa shape index (κ1) is 6.77. The third-order valence-corrected chi connectivity index (χ3v) is 0.907. The second kappa shape index (κ2) is 3.94. The molecule has 0 heterocycles. The van der Waals surface area contributed by atoms with Crippen LogP contribution in [-0.4, -0.2) is 0 Å². The first-order valence-corrected chi connectivity index (χ1v) is 2.64. The zero-order valence-electron chi connectivity index (χ0n) is 4.61. The Morgan fingerprint density at radius 2 is 2.14 bits per heavy atom. The molecule has 0 unspecified atom stereocenters. The Morgan fingerprint density at radius 3 is 2.29 bits per heavy atom. The van der Waals surface area contributed by atoms with Crippen LogP contribution in [0.3, 0.4) is 0 Å². The van der Waals surface area contributed by atoms with Gasteiger partial charge < -0.3 is 0 Å². The molecule has 1 heteroatoms. The summed E-state index contributed by atoms with van der Waals surface area (Å²) in [6, 6.07) is 0. The SMILES string of the molecule is C/C=C(C)/C=C/Cl. The van der Waals surface area contributed by atoms with E-state index in [0.717, 1.165) is 0 Å². The van der Waals surface area contributed by atoms with Gasteiger partial charge in [-0.1, -0.05) is 23.3 Å². The normalized spacial score (nSPS) is 13.3. The first-order chi connectivity index (χ1) is 3.31. The molecule has 0 atom stereocenters. The maximum absolute atomic E-state index is 5.25. The molecule has 0 aliphatic heterocycles. The van der Waals surface area contributed by atoms with E-state index in [1.54, 1.807) is 0 Å². The van der Waals surface area contributed by atoms with Crippen molar-refractivity contribution >= 4 is 11.6 Å². The van der Waals surface area contributed by atoms with E-state index in [1.807, 2.05) is 26.0 Å². The van der Waals surface area contributed by atoms with Gasteiger partial charge in [0.1, 0.15) is 0 Å². The average Bonchev–Trinajstić information content (AvgIpc) is 1.68. The lowest BCUT2D eigenvalue weighted by molar-refractivity contribution is 1.48. The van der Waals surface area contributed by atoms with Crippen LogP contribution in [0.2, 0.25) is 0 Å². The average molecular weight is 117 g/mol. The summed E-state index contributed by atoms with van der Waals surface area (Å²) in [5.41, 5.74) is 2.70. The molecule has 0 aliphatic rings. The van der Waals surface area contributed by atoms with Crippen molar-refractivity contribution in [1.82, 2.24) is 0 Å². The fourth-order valence-electron chi connectivity index (χ4n) is 0.196. The van der Waals surface area contributed by atoms with E-state index in [9.17, 15) is 0 Å². The van der Waals surface area contributed by atoms with Gasteiger partial charge in [0.05, 0.1) is 0 Å². The minimum Gasteiger partial charge on any atom is -0.0929 e. The minimum absolute atomic E-state index is 1.19. The number of hydrogen-bond donors (Lipinski definition) is 0.